The Morgan fingerprint density at radius 3 is 1.60 bits per heavy atom. The molecule has 0 aliphatic rings. The van der Waals surface area contributed by atoms with Gasteiger partial charge >= 0.3 is 0 Å². The van der Waals surface area contributed by atoms with Gasteiger partial charge in [-0.05, 0) is 71.8 Å². The molecule has 6 nitrogen and oxygen atoms in total. The highest BCUT2D eigenvalue weighted by Gasteiger charge is 2.23. The van der Waals surface area contributed by atoms with E-state index in [1.807, 2.05) is 78.9 Å². The number of rotatable bonds is 4. The third kappa shape index (κ3) is 4.49. The summed E-state index contributed by atoms with van der Waals surface area (Å²) < 4.78 is 6.65. The van der Waals surface area contributed by atoms with Crippen LogP contribution in [-0.2, 0) is 0 Å². The van der Waals surface area contributed by atoms with Crippen molar-refractivity contribution in [3.05, 3.63) is 192 Å². The van der Waals surface area contributed by atoms with E-state index < -0.39 is 0 Å². The van der Waals surface area contributed by atoms with Crippen LogP contribution in [0.15, 0.2) is 170 Å². The van der Waals surface area contributed by atoms with Gasteiger partial charge in [0.2, 0.25) is 0 Å². The number of para-hydroxylation sites is 5. The van der Waals surface area contributed by atoms with Crippen LogP contribution in [-0.4, -0.2) is 13.7 Å². The molecule has 0 unspecified atom stereocenters. The molecule has 0 spiro atoms. The lowest BCUT2D eigenvalue weighted by atomic mass is 9.93. The van der Waals surface area contributed by atoms with E-state index in [1.165, 1.54) is 10.8 Å². The second kappa shape index (κ2) is 12.3. The fraction of sp³-hybridized carbons (Fsp3) is 0. The van der Waals surface area contributed by atoms with Gasteiger partial charge in [0, 0.05) is 43.7 Å². The Balaban J connectivity index is 1.13. The molecule has 0 atom stereocenters. The molecule has 11 aromatic rings. The molecule has 0 saturated heterocycles. The number of hydrogen-bond acceptors (Lipinski definition) is 2. The van der Waals surface area contributed by atoms with Gasteiger partial charge in [-0.25, -0.2) is 4.85 Å². The van der Waals surface area contributed by atoms with Gasteiger partial charge in [-0.3, -0.25) is 0 Å². The molecule has 0 aliphatic heterocycles. The summed E-state index contributed by atoms with van der Waals surface area (Å²) in [5, 5.41) is 28.1. The van der Waals surface area contributed by atoms with Crippen molar-refractivity contribution in [2.24, 2.45) is 0 Å². The van der Waals surface area contributed by atoms with Crippen molar-refractivity contribution in [3.8, 4) is 40.3 Å². The highest BCUT2D eigenvalue weighted by atomic mass is 15.0. The van der Waals surface area contributed by atoms with Crippen LogP contribution < -0.4 is 0 Å². The Morgan fingerprint density at radius 2 is 0.965 bits per heavy atom. The minimum Gasteiger partial charge on any atom is -0.310 e. The van der Waals surface area contributed by atoms with E-state index in [0.717, 1.165) is 66.0 Å². The monoisotopic (exact) mass is 724 g/mol. The maximum Gasteiger partial charge on any atom is 0.197 e. The minimum atomic E-state index is 0.238. The Bertz CT molecular complexity index is 3560. The Labute approximate surface area is 326 Å². The van der Waals surface area contributed by atoms with Gasteiger partial charge in [-0.2, -0.15) is 10.5 Å². The second-order valence-electron chi connectivity index (χ2n) is 14.2. The van der Waals surface area contributed by atoms with Crippen molar-refractivity contribution in [1.29, 1.82) is 10.5 Å². The molecular formula is C51H28N6. The summed E-state index contributed by atoms with van der Waals surface area (Å²) in [5.41, 5.74) is 10.8. The number of hydrogen-bond donors (Lipinski definition) is 0. The van der Waals surface area contributed by atoms with Crippen LogP contribution >= 0.6 is 0 Å². The summed E-state index contributed by atoms with van der Waals surface area (Å²) in [7, 11) is 0. The van der Waals surface area contributed by atoms with E-state index in [4.69, 9.17) is 6.57 Å². The standard InChI is InChI=1S/C51H28N6/c1-54-43-29-33(23-24-35(43)34-25-27-48(42(31-53)41(34)30-52)57-45-20-10-5-15-36(45)37-16-6-11-21-46(37)57)55-47-22-12-8-18-40(47)50-49(55)28-26-39-38-17-7-9-19-44(38)56(51(39)50)32-13-3-2-4-14-32/h2-29H. The van der Waals surface area contributed by atoms with Crippen LogP contribution in [0.5, 0.6) is 0 Å². The average Bonchev–Trinajstić information content (AvgIpc) is 3.92. The molecule has 262 valence electrons. The highest BCUT2D eigenvalue weighted by Crippen LogP contribution is 2.44. The van der Waals surface area contributed by atoms with Crippen molar-refractivity contribution >= 4 is 71.1 Å². The summed E-state index contributed by atoms with van der Waals surface area (Å²) >= 11 is 0. The molecule has 6 heteroatoms. The summed E-state index contributed by atoms with van der Waals surface area (Å²) in [4.78, 5) is 4.03. The lowest BCUT2D eigenvalue weighted by molar-refractivity contribution is 1.16. The molecule has 0 amide bonds. The first kappa shape index (κ1) is 32.1. The molecule has 0 fully saturated rings. The van der Waals surface area contributed by atoms with Gasteiger partial charge in [0.15, 0.2) is 5.69 Å². The van der Waals surface area contributed by atoms with Gasteiger partial charge in [0.1, 0.15) is 12.1 Å². The molecule has 0 bridgehead atoms. The van der Waals surface area contributed by atoms with E-state index in [0.29, 0.717) is 22.5 Å². The van der Waals surface area contributed by atoms with E-state index >= 15 is 0 Å². The fourth-order valence-electron chi connectivity index (χ4n) is 9.03. The lowest BCUT2D eigenvalue weighted by Gasteiger charge is -2.16. The Hall–Kier alpha value is -8.37. The molecular weight excluding hydrogens is 697 g/mol. The van der Waals surface area contributed by atoms with Crippen molar-refractivity contribution in [1.82, 2.24) is 13.7 Å². The zero-order valence-electron chi connectivity index (χ0n) is 30.3. The number of benzene rings is 8. The fourth-order valence-corrected chi connectivity index (χ4v) is 9.03. The van der Waals surface area contributed by atoms with Crippen molar-refractivity contribution < 1.29 is 0 Å². The van der Waals surface area contributed by atoms with E-state index in [-0.39, 0.29) is 11.1 Å². The molecule has 0 radical (unpaired) electrons. The normalized spacial score (nSPS) is 11.5. The second-order valence-corrected chi connectivity index (χ2v) is 14.2. The van der Waals surface area contributed by atoms with Crippen LogP contribution in [0.3, 0.4) is 0 Å². The van der Waals surface area contributed by atoms with Gasteiger partial charge in [0.25, 0.3) is 0 Å². The van der Waals surface area contributed by atoms with Crippen molar-refractivity contribution in [2.45, 2.75) is 0 Å². The summed E-state index contributed by atoms with van der Waals surface area (Å²) in [5.74, 6) is 0. The van der Waals surface area contributed by atoms with Gasteiger partial charge in [-0.1, -0.05) is 109 Å². The SMILES string of the molecule is [C-]#[N+]c1cc(-n2c3ccccc3c3c2ccc2c4ccccc4n(-c4ccccc4)c23)ccc1-c1ccc(-n2c3ccccc3c3ccccc32)c(C#N)c1C#N. The molecule has 8 aromatic carbocycles. The van der Waals surface area contributed by atoms with E-state index in [9.17, 15) is 10.5 Å². The molecule has 11 rings (SSSR count). The summed E-state index contributed by atoms with van der Waals surface area (Å²) in [6.45, 7) is 8.40. The first-order valence-electron chi connectivity index (χ1n) is 18.7. The average molecular weight is 725 g/mol. The van der Waals surface area contributed by atoms with Crippen LogP contribution in [0, 0.1) is 29.2 Å². The number of nitriles is 2. The largest absolute Gasteiger partial charge is 0.310 e. The van der Waals surface area contributed by atoms with Crippen molar-refractivity contribution in [2.75, 3.05) is 0 Å². The van der Waals surface area contributed by atoms with Crippen LogP contribution in [0.1, 0.15) is 11.1 Å². The maximum absolute atomic E-state index is 10.7. The molecule has 0 N–H and O–H groups in total. The number of nitrogens with zero attached hydrogens (tertiary/aromatic N) is 6. The quantitative estimate of drug-likeness (QED) is 0.170. The minimum absolute atomic E-state index is 0.238. The first-order chi connectivity index (χ1) is 28.2. The Morgan fingerprint density at radius 1 is 0.421 bits per heavy atom. The highest BCUT2D eigenvalue weighted by molar-refractivity contribution is 6.26. The van der Waals surface area contributed by atoms with Gasteiger partial charge in [-0.15, -0.1) is 0 Å². The lowest BCUT2D eigenvalue weighted by Crippen LogP contribution is -2.02. The third-order valence-corrected chi connectivity index (χ3v) is 11.4. The van der Waals surface area contributed by atoms with Crippen LogP contribution in [0.25, 0.3) is 98.5 Å². The van der Waals surface area contributed by atoms with Crippen molar-refractivity contribution in [3.63, 3.8) is 0 Å². The zero-order valence-corrected chi connectivity index (χ0v) is 30.3. The molecule has 3 aromatic heterocycles. The van der Waals surface area contributed by atoms with Gasteiger partial charge < -0.3 is 13.7 Å². The smallest absolute Gasteiger partial charge is 0.197 e. The maximum atomic E-state index is 10.7. The third-order valence-electron chi connectivity index (χ3n) is 11.4. The van der Waals surface area contributed by atoms with E-state index in [1.54, 1.807) is 0 Å². The molecule has 0 saturated carbocycles. The van der Waals surface area contributed by atoms with Gasteiger partial charge in [0.05, 0.1) is 56.5 Å². The summed E-state index contributed by atoms with van der Waals surface area (Å²) in [6.07, 6.45) is 0. The molecule has 0 aliphatic carbocycles. The zero-order chi connectivity index (χ0) is 38.2. The predicted molar refractivity (Wildman–Crippen MR) is 231 cm³/mol. The number of fused-ring (bicyclic) bond motifs is 10. The predicted octanol–water partition coefficient (Wildman–Crippen LogP) is 12.9. The molecule has 57 heavy (non-hydrogen) atoms. The number of aromatic nitrogens is 3. The molecule has 3 heterocycles. The topological polar surface area (TPSA) is 66.7 Å². The Kier molecular flexibility index (Phi) is 6.95. The summed E-state index contributed by atoms with van der Waals surface area (Å²) in [6, 6.07) is 62.4. The first-order valence-corrected chi connectivity index (χ1v) is 18.7. The van der Waals surface area contributed by atoms with Crippen LogP contribution in [0.2, 0.25) is 0 Å². The van der Waals surface area contributed by atoms with Crippen LogP contribution in [0.4, 0.5) is 5.69 Å². The van der Waals surface area contributed by atoms with E-state index in [2.05, 4.69) is 122 Å².